The molecule has 154 valence electrons. The van der Waals surface area contributed by atoms with Crippen LogP contribution in [0.3, 0.4) is 0 Å². The van der Waals surface area contributed by atoms with Crippen LogP contribution in [0.4, 0.5) is 0 Å². The summed E-state index contributed by atoms with van der Waals surface area (Å²) in [5.74, 6) is 0. The third-order valence-electron chi connectivity index (χ3n) is 6.33. The number of fused-ring (bicyclic) bond motifs is 1. The van der Waals surface area contributed by atoms with Gasteiger partial charge in [-0.2, -0.15) is 0 Å². The molecule has 1 aromatic heterocycles. The van der Waals surface area contributed by atoms with Crippen LogP contribution in [0.15, 0.2) is 78.9 Å². The smallest absolute Gasteiger partial charge is 0.399 e. The van der Waals surface area contributed by atoms with Crippen LogP contribution in [0.5, 0.6) is 0 Å². The summed E-state index contributed by atoms with van der Waals surface area (Å²) in [5, 5.41) is 0. The molecule has 0 aliphatic carbocycles. The first-order valence-electron chi connectivity index (χ1n) is 10.6. The highest BCUT2D eigenvalue weighted by Crippen LogP contribution is 2.37. The Morgan fingerprint density at radius 1 is 0.581 bits per heavy atom. The minimum absolute atomic E-state index is 0.360. The summed E-state index contributed by atoms with van der Waals surface area (Å²) < 4.78 is 12.4. The fraction of sp³-hybridized carbons (Fsp3) is 0.231. The van der Waals surface area contributed by atoms with Gasteiger partial charge in [0.1, 0.15) is 0 Å². The maximum absolute atomic E-state index is 6.20. The molecular weight excluding hydrogens is 383 g/mol. The number of aromatic nitrogens is 2. The Morgan fingerprint density at radius 3 is 1.55 bits per heavy atom. The Hall–Kier alpha value is -3.02. The van der Waals surface area contributed by atoms with E-state index < -0.39 is 0 Å². The van der Waals surface area contributed by atoms with Gasteiger partial charge in [0.05, 0.1) is 33.6 Å². The monoisotopic (exact) mass is 408 g/mol. The van der Waals surface area contributed by atoms with Gasteiger partial charge in [0.2, 0.25) is 0 Å². The van der Waals surface area contributed by atoms with E-state index in [-0.39, 0.29) is 18.3 Å². The van der Waals surface area contributed by atoms with Crippen LogP contribution in [-0.4, -0.2) is 28.3 Å². The van der Waals surface area contributed by atoms with Crippen molar-refractivity contribution in [1.29, 1.82) is 0 Å². The molecule has 1 saturated heterocycles. The lowest BCUT2D eigenvalue weighted by Crippen LogP contribution is -2.41. The topological polar surface area (TPSA) is 44.2 Å². The Morgan fingerprint density at radius 2 is 1.03 bits per heavy atom. The molecule has 1 fully saturated rings. The second kappa shape index (κ2) is 7.29. The SMILES string of the molecule is CC1(C)OB(c2ccc(-c3nc4ccccc4nc3-c3ccccc3)cc2)OC1(C)C. The average molecular weight is 408 g/mol. The molecule has 4 aromatic rings. The first kappa shape index (κ1) is 19.9. The number of hydrogen-bond acceptors (Lipinski definition) is 4. The van der Waals surface area contributed by atoms with E-state index in [1.54, 1.807) is 0 Å². The van der Waals surface area contributed by atoms with E-state index in [4.69, 9.17) is 19.3 Å². The van der Waals surface area contributed by atoms with Crippen molar-refractivity contribution >= 4 is 23.6 Å². The highest BCUT2D eigenvalue weighted by Gasteiger charge is 2.51. The fourth-order valence-electron chi connectivity index (χ4n) is 3.78. The predicted molar refractivity (Wildman–Crippen MR) is 126 cm³/mol. The Kier molecular flexibility index (Phi) is 4.69. The predicted octanol–water partition coefficient (Wildman–Crippen LogP) is 5.26. The van der Waals surface area contributed by atoms with E-state index in [2.05, 4.69) is 64.1 Å². The third kappa shape index (κ3) is 3.54. The lowest BCUT2D eigenvalue weighted by Gasteiger charge is -2.32. The van der Waals surface area contributed by atoms with E-state index in [0.717, 1.165) is 39.0 Å². The van der Waals surface area contributed by atoms with Crippen molar-refractivity contribution in [2.45, 2.75) is 38.9 Å². The van der Waals surface area contributed by atoms with E-state index in [0.29, 0.717) is 0 Å². The Bertz CT molecular complexity index is 1220. The highest BCUT2D eigenvalue weighted by molar-refractivity contribution is 6.62. The summed E-state index contributed by atoms with van der Waals surface area (Å²) in [5.41, 5.74) is 5.85. The van der Waals surface area contributed by atoms with Gasteiger partial charge in [-0.05, 0) is 45.3 Å². The molecule has 0 saturated carbocycles. The molecule has 3 aromatic carbocycles. The minimum atomic E-state index is -0.379. The van der Waals surface area contributed by atoms with E-state index in [1.165, 1.54) is 0 Å². The second-order valence-corrected chi connectivity index (χ2v) is 8.99. The van der Waals surface area contributed by atoms with Gasteiger partial charge in [0.25, 0.3) is 0 Å². The maximum atomic E-state index is 6.20. The van der Waals surface area contributed by atoms with Gasteiger partial charge in [0.15, 0.2) is 0 Å². The Balaban J connectivity index is 1.57. The zero-order valence-electron chi connectivity index (χ0n) is 18.3. The standard InChI is InChI=1S/C26H25BN2O2/c1-25(2)26(3,4)31-27(30-25)20-16-14-19(15-17-20)24-23(18-10-6-5-7-11-18)28-21-12-8-9-13-22(21)29-24/h5-17H,1-4H3. The zero-order chi connectivity index (χ0) is 21.6. The van der Waals surface area contributed by atoms with Crippen molar-refractivity contribution < 1.29 is 9.31 Å². The van der Waals surface area contributed by atoms with E-state index >= 15 is 0 Å². The molecule has 0 bridgehead atoms. The van der Waals surface area contributed by atoms with Crippen molar-refractivity contribution in [2.75, 3.05) is 0 Å². The number of nitrogens with zero attached hydrogens (tertiary/aromatic N) is 2. The number of rotatable bonds is 3. The largest absolute Gasteiger partial charge is 0.494 e. The van der Waals surface area contributed by atoms with Gasteiger partial charge < -0.3 is 9.31 Å². The van der Waals surface area contributed by atoms with E-state index in [1.807, 2.05) is 42.5 Å². The number of para-hydroxylation sites is 2. The molecule has 5 heteroatoms. The molecule has 0 spiro atoms. The first-order chi connectivity index (χ1) is 14.8. The maximum Gasteiger partial charge on any atom is 0.494 e. The van der Waals surface area contributed by atoms with Gasteiger partial charge >= 0.3 is 7.12 Å². The van der Waals surface area contributed by atoms with Crippen LogP contribution in [-0.2, 0) is 9.31 Å². The van der Waals surface area contributed by atoms with Gasteiger partial charge in [-0.25, -0.2) is 9.97 Å². The quantitative estimate of drug-likeness (QED) is 0.434. The highest BCUT2D eigenvalue weighted by atomic mass is 16.7. The summed E-state index contributed by atoms with van der Waals surface area (Å²) in [6, 6.07) is 26.5. The summed E-state index contributed by atoms with van der Waals surface area (Å²) in [6.45, 7) is 8.27. The molecule has 0 atom stereocenters. The lowest BCUT2D eigenvalue weighted by molar-refractivity contribution is 0.00578. The number of hydrogen-bond donors (Lipinski definition) is 0. The zero-order valence-corrected chi connectivity index (χ0v) is 18.3. The second-order valence-electron chi connectivity index (χ2n) is 8.99. The van der Waals surface area contributed by atoms with Crippen LogP contribution in [0.25, 0.3) is 33.5 Å². The van der Waals surface area contributed by atoms with Crippen LogP contribution in [0.1, 0.15) is 27.7 Å². The molecule has 4 nitrogen and oxygen atoms in total. The van der Waals surface area contributed by atoms with Crippen LogP contribution < -0.4 is 5.46 Å². The summed E-state index contributed by atoms with van der Waals surface area (Å²) in [6.07, 6.45) is 0. The molecule has 0 unspecified atom stereocenters. The van der Waals surface area contributed by atoms with Gasteiger partial charge in [-0.15, -0.1) is 0 Å². The number of benzene rings is 3. The van der Waals surface area contributed by atoms with Crippen molar-refractivity contribution in [3.63, 3.8) is 0 Å². The minimum Gasteiger partial charge on any atom is -0.399 e. The molecule has 0 amide bonds. The van der Waals surface area contributed by atoms with Crippen molar-refractivity contribution in [3.8, 4) is 22.5 Å². The van der Waals surface area contributed by atoms with Gasteiger partial charge in [0, 0.05) is 11.1 Å². The first-order valence-corrected chi connectivity index (χ1v) is 10.6. The molecular formula is C26H25BN2O2. The summed E-state index contributed by atoms with van der Waals surface area (Å²) in [7, 11) is -0.379. The summed E-state index contributed by atoms with van der Waals surface area (Å²) >= 11 is 0. The molecule has 5 rings (SSSR count). The van der Waals surface area contributed by atoms with Crippen molar-refractivity contribution in [3.05, 3.63) is 78.9 Å². The normalized spacial score (nSPS) is 17.2. The third-order valence-corrected chi connectivity index (χ3v) is 6.33. The molecule has 31 heavy (non-hydrogen) atoms. The lowest BCUT2D eigenvalue weighted by atomic mass is 9.78. The van der Waals surface area contributed by atoms with Crippen molar-refractivity contribution in [1.82, 2.24) is 9.97 Å². The average Bonchev–Trinajstić information content (AvgIpc) is 3.00. The molecule has 1 aliphatic rings. The van der Waals surface area contributed by atoms with E-state index in [9.17, 15) is 0 Å². The molecule has 1 aliphatic heterocycles. The van der Waals surface area contributed by atoms with Crippen LogP contribution in [0.2, 0.25) is 0 Å². The molecule has 0 N–H and O–H groups in total. The molecule has 2 heterocycles. The van der Waals surface area contributed by atoms with Gasteiger partial charge in [-0.3, -0.25) is 0 Å². The van der Waals surface area contributed by atoms with Crippen molar-refractivity contribution in [2.24, 2.45) is 0 Å². The summed E-state index contributed by atoms with van der Waals surface area (Å²) in [4.78, 5) is 9.92. The molecule has 0 radical (unpaired) electrons. The van der Waals surface area contributed by atoms with Gasteiger partial charge in [-0.1, -0.05) is 66.7 Å². The van der Waals surface area contributed by atoms with Crippen LogP contribution >= 0.6 is 0 Å². The Labute approximate surface area is 183 Å². The van der Waals surface area contributed by atoms with Crippen LogP contribution in [0, 0.1) is 0 Å². The fourth-order valence-corrected chi connectivity index (χ4v) is 3.78.